The lowest BCUT2D eigenvalue weighted by molar-refractivity contribution is -0.137. The van der Waals surface area contributed by atoms with Crippen molar-refractivity contribution in [2.75, 3.05) is 46.6 Å². The van der Waals surface area contributed by atoms with E-state index in [1.54, 1.807) is 26.2 Å². The van der Waals surface area contributed by atoms with Crippen LogP contribution in [0.15, 0.2) is 48.5 Å². The number of hydrogen-bond acceptors (Lipinski definition) is 9. The van der Waals surface area contributed by atoms with E-state index in [2.05, 4.69) is 27.3 Å². The van der Waals surface area contributed by atoms with Crippen molar-refractivity contribution in [3.63, 3.8) is 0 Å². The average Bonchev–Trinajstić information content (AvgIpc) is 2.99. The number of rotatable bonds is 10. The van der Waals surface area contributed by atoms with Crippen LogP contribution < -0.4 is 19.5 Å². The molecule has 40 heavy (non-hydrogen) atoms. The van der Waals surface area contributed by atoms with Crippen molar-refractivity contribution >= 4 is 22.9 Å². The van der Waals surface area contributed by atoms with Crippen LogP contribution in [0.3, 0.4) is 0 Å². The van der Waals surface area contributed by atoms with Crippen LogP contribution >= 0.6 is 0 Å². The van der Waals surface area contributed by atoms with Crippen molar-refractivity contribution in [1.29, 1.82) is 0 Å². The number of β-amino-alcohol motifs (C(OH)–C–C–N with tert-alkyl or cyclic N) is 1. The second-order valence-electron chi connectivity index (χ2n) is 10.0. The first-order valence-corrected chi connectivity index (χ1v) is 13.9. The molecule has 2 aliphatic rings. The summed E-state index contributed by atoms with van der Waals surface area (Å²) in [6, 6.07) is 14.0. The molecule has 2 aliphatic heterocycles. The van der Waals surface area contributed by atoms with Crippen LogP contribution in [0.4, 0.5) is 0 Å². The minimum atomic E-state index is -0.715. The highest BCUT2D eigenvalue weighted by Gasteiger charge is 2.23. The molecule has 0 radical (unpaired) electrons. The van der Waals surface area contributed by atoms with Crippen LogP contribution in [-0.2, 0) is 16.1 Å². The normalized spacial score (nSPS) is 16.8. The summed E-state index contributed by atoms with van der Waals surface area (Å²) in [6.07, 6.45) is 4.41. The van der Waals surface area contributed by atoms with Gasteiger partial charge in [-0.05, 0) is 68.3 Å². The van der Waals surface area contributed by atoms with Gasteiger partial charge in [-0.3, -0.25) is 0 Å². The molecule has 0 saturated carbocycles. The number of methoxy groups -OCH3 is 1. The fraction of sp³-hybridized carbons (Fsp3) is 0.419. The number of aliphatic hydroxyl groups excluding tert-OH is 1. The van der Waals surface area contributed by atoms with Gasteiger partial charge in [-0.2, -0.15) is 0 Å². The molecule has 9 heteroatoms. The second-order valence-corrected chi connectivity index (χ2v) is 10.0. The fourth-order valence-electron chi connectivity index (χ4n) is 5.24. The predicted molar refractivity (Wildman–Crippen MR) is 153 cm³/mol. The zero-order chi connectivity index (χ0) is 27.9. The van der Waals surface area contributed by atoms with Crippen molar-refractivity contribution in [1.82, 2.24) is 15.2 Å². The van der Waals surface area contributed by atoms with Crippen molar-refractivity contribution in [3.8, 4) is 17.4 Å². The largest absolute Gasteiger partial charge is 0.486 e. The highest BCUT2D eigenvalue weighted by atomic mass is 16.6. The Kier molecular flexibility index (Phi) is 9.15. The first kappa shape index (κ1) is 27.9. The Morgan fingerprint density at radius 2 is 1.95 bits per heavy atom. The van der Waals surface area contributed by atoms with Gasteiger partial charge < -0.3 is 34.3 Å². The van der Waals surface area contributed by atoms with E-state index in [0.717, 1.165) is 60.5 Å². The van der Waals surface area contributed by atoms with Crippen molar-refractivity contribution in [2.45, 2.75) is 38.5 Å². The molecule has 3 heterocycles. The van der Waals surface area contributed by atoms with E-state index in [4.69, 9.17) is 18.9 Å². The zero-order valence-corrected chi connectivity index (χ0v) is 23.1. The molecule has 1 aromatic heterocycles. The highest BCUT2D eigenvalue weighted by molar-refractivity contribution is 5.95. The Hall–Kier alpha value is -3.66. The topological polar surface area (TPSA) is 102 Å². The van der Waals surface area contributed by atoms with Gasteiger partial charge in [0.2, 0.25) is 5.88 Å². The van der Waals surface area contributed by atoms with E-state index in [0.29, 0.717) is 43.8 Å². The molecule has 9 nitrogen and oxygen atoms in total. The second kappa shape index (κ2) is 13.1. The van der Waals surface area contributed by atoms with E-state index in [-0.39, 0.29) is 0 Å². The van der Waals surface area contributed by atoms with E-state index < -0.39 is 12.1 Å². The molecule has 1 unspecified atom stereocenters. The third kappa shape index (κ3) is 6.72. The van der Waals surface area contributed by atoms with Crippen LogP contribution in [-0.4, -0.2) is 73.6 Å². The van der Waals surface area contributed by atoms with Gasteiger partial charge in [0.05, 0.1) is 25.3 Å². The maximum absolute atomic E-state index is 11.8. The van der Waals surface area contributed by atoms with Crippen LogP contribution in [0.25, 0.3) is 17.0 Å². The van der Waals surface area contributed by atoms with Crippen molar-refractivity contribution < 1.29 is 28.8 Å². The number of pyridine rings is 1. The van der Waals surface area contributed by atoms with Gasteiger partial charge in [-0.25, -0.2) is 9.78 Å². The Morgan fingerprint density at radius 1 is 1.15 bits per heavy atom. The molecule has 5 rings (SSSR count). The van der Waals surface area contributed by atoms with E-state index in [1.807, 2.05) is 24.3 Å². The summed E-state index contributed by atoms with van der Waals surface area (Å²) >= 11 is 0. The quantitative estimate of drug-likeness (QED) is 0.289. The number of aromatic nitrogens is 1. The third-order valence-electron chi connectivity index (χ3n) is 7.37. The molecule has 2 aromatic carbocycles. The van der Waals surface area contributed by atoms with E-state index in [9.17, 15) is 9.90 Å². The smallest absolute Gasteiger partial charge is 0.330 e. The van der Waals surface area contributed by atoms with E-state index >= 15 is 0 Å². The van der Waals surface area contributed by atoms with Crippen LogP contribution in [0.5, 0.6) is 17.4 Å². The number of benzene rings is 2. The number of aliphatic hydroxyl groups is 1. The van der Waals surface area contributed by atoms with Crippen LogP contribution in [0.1, 0.15) is 42.6 Å². The Bertz CT molecular complexity index is 1350. The number of esters is 1. The van der Waals surface area contributed by atoms with Crippen LogP contribution in [0, 0.1) is 0 Å². The molecule has 1 saturated heterocycles. The highest BCUT2D eigenvalue weighted by Crippen LogP contribution is 2.31. The lowest BCUT2D eigenvalue weighted by atomic mass is 9.98. The number of carbonyl (C=O) groups excluding carboxylic acids is 1. The van der Waals surface area contributed by atoms with Gasteiger partial charge in [-0.15, -0.1) is 0 Å². The molecule has 0 amide bonds. The summed E-state index contributed by atoms with van der Waals surface area (Å²) < 4.78 is 21.7. The monoisotopic (exact) mass is 547 g/mol. The van der Waals surface area contributed by atoms with Crippen LogP contribution in [0.2, 0.25) is 0 Å². The number of likely N-dealkylation sites (tertiary alicyclic amines) is 1. The molecule has 0 bridgehead atoms. The molecular weight excluding hydrogens is 510 g/mol. The Morgan fingerprint density at radius 3 is 2.73 bits per heavy atom. The third-order valence-corrected chi connectivity index (χ3v) is 7.37. The molecule has 2 N–H and O–H groups in total. The van der Waals surface area contributed by atoms with Gasteiger partial charge in [0, 0.05) is 42.2 Å². The SMILES string of the molecule is CCOC(=O)/C=C/c1ccc(C(O)CN2CCC(NCc3ccc4c(c3)OCCO4)CC2)c2nc(OC)ccc12. The molecule has 212 valence electrons. The maximum Gasteiger partial charge on any atom is 0.330 e. The standard InChI is InChI=1S/C31H37N3O6/c1-3-38-30(36)11-6-22-5-7-25(31-24(22)8-10-29(33-31)37-2)26(35)20-34-14-12-23(13-15-34)32-19-21-4-9-27-28(18-21)40-17-16-39-27/h4-11,18,23,26,32,35H,3,12-17,19-20H2,1-2H3/b11-6+. The fourth-order valence-corrected chi connectivity index (χ4v) is 5.24. The Labute approximate surface area is 234 Å². The van der Waals surface area contributed by atoms with Gasteiger partial charge in [0.1, 0.15) is 13.2 Å². The number of ether oxygens (including phenoxy) is 4. The van der Waals surface area contributed by atoms with Crippen molar-refractivity contribution in [3.05, 3.63) is 65.2 Å². The van der Waals surface area contributed by atoms with E-state index in [1.165, 1.54) is 11.6 Å². The predicted octanol–water partition coefficient (Wildman–Crippen LogP) is 3.88. The lowest BCUT2D eigenvalue weighted by Crippen LogP contribution is -2.43. The number of nitrogens with zero attached hydrogens (tertiary/aromatic N) is 2. The summed E-state index contributed by atoms with van der Waals surface area (Å²) in [5.74, 6) is 1.70. The number of piperidine rings is 1. The zero-order valence-electron chi connectivity index (χ0n) is 23.1. The summed E-state index contributed by atoms with van der Waals surface area (Å²) in [7, 11) is 1.57. The molecule has 3 aromatic rings. The lowest BCUT2D eigenvalue weighted by Gasteiger charge is -2.34. The van der Waals surface area contributed by atoms with Gasteiger partial charge in [-0.1, -0.05) is 18.2 Å². The number of nitrogens with one attached hydrogen (secondary N) is 1. The Balaban J connectivity index is 1.20. The number of fused-ring (bicyclic) bond motifs is 2. The molecule has 1 fully saturated rings. The minimum absolute atomic E-state index is 0.320. The minimum Gasteiger partial charge on any atom is -0.486 e. The summed E-state index contributed by atoms with van der Waals surface area (Å²) in [5.41, 5.74) is 3.39. The molecule has 0 spiro atoms. The summed E-state index contributed by atoms with van der Waals surface area (Å²) in [5, 5.41) is 15.8. The van der Waals surface area contributed by atoms with Gasteiger partial charge in [0.25, 0.3) is 0 Å². The summed E-state index contributed by atoms with van der Waals surface area (Å²) in [6.45, 7) is 6.36. The summed E-state index contributed by atoms with van der Waals surface area (Å²) in [4.78, 5) is 18.8. The first-order chi connectivity index (χ1) is 19.5. The number of carbonyl (C=O) groups is 1. The van der Waals surface area contributed by atoms with Gasteiger partial charge >= 0.3 is 5.97 Å². The van der Waals surface area contributed by atoms with Gasteiger partial charge in [0.15, 0.2) is 11.5 Å². The maximum atomic E-state index is 11.8. The average molecular weight is 548 g/mol. The molecule has 0 aliphatic carbocycles. The molecular formula is C31H37N3O6. The number of hydrogen-bond donors (Lipinski definition) is 2. The van der Waals surface area contributed by atoms with Crippen molar-refractivity contribution in [2.24, 2.45) is 0 Å². The molecule has 1 atom stereocenters. The first-order valence-electron chi connectivity index (χ1n) is 13.9.